The molecule has 0 aliphatic carbocycles. The first kappa shape index (κ1) is 17.8. The topological polar surface area (TPSA) is 75.3 Å². The number of amides is 1. The number of carbonyl (C=O) groups excluding carboxylic acids is 1. The van der Waals surface area contributed by atoms with Crippen LogP contribution in [0.5, 0.6) is 0 Å². The highest BCUT2D eigenvalue weighted by atomic mass is 35.5. The second kappa shape index (κ2) is 7.35. The zero-order valence-corrected chi connectivity index (χ0v) is 14.8. The van der Waals surface area contributed by atoms with Gasteiger partial charge < -0.3 is 5.32 Å². The summed E-state index contributed by atoms with van der Waals surface area (Å²) in [5, 5.41) is 2.88. The molecule has 0 aliphatic heterocycles. The van der Waals surface area contributed by atoms with Gasteiger partial charge in [-0.3, -0.25) is 4.79 Å². The SMILES string of the molecule is CNS(=O)(=O)c1ccc(Cl)c(C(=O)Nc2ccc(SC)cc2)c1. The first-order chi connectivity index (χ1) is 10.9. The average molecular weight is 371 g/mol. The molecule has 0 fully saturated rings. The molecule has 1 amide bonds. The summed E-state index contributed by atoms with van der Waals surface area (Å²) < 4.78 is 25.9. The van der Waals surface area contributed by atoms with Crippen LogP contribution in [0, 0.1) is 0 Å². The van der Waals surface area contributed by atoms with Gasteiger partial charge in [0.05, 0.1) is 15.5 Å². The fourth-order valence-corrected chi connectivity index (χ4v) is 3.20. The number of halogens is 1. The van der Waals surface area contributed by atoms with Gasteiger partial charge in [-0.25, -0.2) is 13.1 Å². The number of hydrogen-bond acceptors (Lipinski definition) is 4. The molecule has 0 atom stereocenters. The molecule has 0 radical (unpaired) electrons. The number of sulfonamides is 1. The van der Waals surface area contributed by atoms with Crippen LogP contribution in [0.4, 0.5) is 5.69 Å². The summed E-state index contributed by atoms with van der Waals surface area (Å²) in [5.41, 5.74) is 0.697. The lowest BCUT2D eigenvalue weighted by atomic mass is 10.2. The van der Waals surface area contributed by atoms with E-state index >= 15 is 0 Å². The van der Waals surface area contributed by atoms with E-state index in [-0.39, 0.29) is 15.5 Å². The number of hydrogen-bond donors (Lipinski definition) is 2. The Balaban J connectivity index is 2.29. The lowest BCUT2D eigenvalue weighted by Crippen LogP contribution is -2.20. The number of thioether (sulfide) groups is 1. The number of nitrogens with one attached hydrogen (secondary N) is 2. The summed E-state index contributed by atoms with van der Waals surface area (Å²) >= 11 is 7.61. The van der Waals surface area contributed by atoms with Crippen molar-refractivity contribution >= 4 is 45.0 Å². The minimum atomic E-state index is -3.64. The van der Waals surface area contributed by atoms with Crippen molar-refractivity contribution in [3.8, 4) is 0 Å². The molecule has 23 heavy (non-hydrogen) atoms. The van der Waals surface area contributed by atoms with Crippen LogP contribution in [-0.2, 0) is 10.0 Å². The third-order valence-corrected chi connectivity index (χ3v) is 5.59. The molecule has 0 heterocycles. The number of carbonyl (C=O) groups is 1. The molecule has 0 unspecified atom stereocenters. The van der Waals surface area contributed by atoms with Gasteiger partial charge in [-0.2, -0.15) is 0 Å². The molecule has 2 aromatic carbocycles. The lowest BCUT2D eigenvalue weighted by Gasteiger charge is -2.09. The summed E-state index contributed by atoms with van der Waals surface area (Å²) in [6.07, 6.45) is 1.96. The van der Waals surface area contributed by atoms with Crippen LogP contribution in [0.2, 0.25) is 5.02 Å². The van der Waals surface area contributed by atoms with E-state index in [1.54, 1.807) is 23.9 Å². The Bertz CT molecular complexity index is 821. The van der Waals surface area contributed by atoms with Crippen LogP contribution in [0.1, 0.15) is 10.4 Å². The van der Waals surface area contributed by atoms with Crippen LogP contribution in [0.15, 0.2) is 52.3 Å². The first-order valence-electron chi connectivity index (χ1n) is 6.56. The smallest absolute Gasteiger partial charge is 0.257 e. The summed E-state index contributed by atoms with van der Waals surface area (Å²) in [5.74, 6) is -0.472. The summed E-state index contributed by atoms with van der Waals surface area (Å²) in [4.78, 5) is 13.4. The third kappa shape index (κ3) is 4.26. The quantitative estimate of drug-likeness (QED) is 0.792. The molecule has 5 nitrogen and oxygen atoms in total. The molecule has 0 aliphatic rings. The fourth-order valence-electron chi connectivity index (χ4n) is 1.84. The zero-order valence-electron chi connectivity index (χ0n) is 12.5. The molecular formula is C15H15ClN2O3S2. The van der Waals surface area contributed by atoms with Crippen molar-refractivity contribution in [3.63, 3.8) is 0 Å². The van der Waals surface area contributed by atoms with E-state index in [9.17, 15) is 13.2 Å². The van der Waals surface area contributed by atoms with E-state index < -0.39 is 15.9 Å². The Morgan fingerprint density at radius 3 is 2.35 bits per heavy atom. The van der Waals surface area contributed by atoms with Crippen molar-refractivity contribution in [1.29, 1.82) is 0 Å². The van der Waals surface area contributed by atoms with Crippen LogP contribution in [0.25, 0.3) is 0 Å². The third-order valence-electron chi connectivity index (χ3n) is 3.11. The predicted octanol–water partition coefficient (Wildman–Crippen LogP) is 3.22. The number of rotatable bonds is 5. The van der Waals surface area contributed by atoms with Crippen LogP contribution < -0.4 is 10.0 Å². The first-order valence-corrected chi connectivity index (χ1v) is 9.64. The Labute approximate surface area is 144 Å². The standard InChI is InChI=1S/C15H15ClN2O3S2/c1-17-23(20,21)12-7-8-14(16)13(9-12)15(19)18-10-3-5-11(22-2)6-4-10/h3-9,17H,1-2H3,(H,18,19). The van der Waals surface area contributed by atoms with Crippen LogP contribution in [0.3, 0.4) is 0 Å². The zero-order chi connectivity index (χ0) is 17.0. The minimum absolute atomic E-state index is 0.0210. The Morgan fingerprint density at radius 2 is 1.78 bits per heavy atom. The van der Waals surface area contributed by atoms with E-state index in [4.69, 9.17) is 11.6 Å². The average Bonchev–Trinajstić information content (AvgIpc) is 2.55. The van der Waals surface area contributed by atoms with Gasteiger partial charge in [0.15, 0.2) is 0 Å². The molecule has 2 rings (SSSR count). The van der Waals surface area contributed by atoms with E-state index in [1.807, 2.05) is 18.4 Å². The molecule has 0 saturated heterocycles. The molecule has 2 aromatic rings. The Morgan fingerprint density at radius 1 is 1.13 bits per heavy atom. The van der Waals surface area contributed by atoms with Crippen molar-refractivity contribution in [3.05, 3.63) is 53.1 Å². The molecule has 8 heteroatoms. The van der Waals surface area contributed by atoms with Crippen molar-refractivity contribution in [1.82, 2.24) is 4.72 Å². The molecule has 0 spiro atoms. The monoisotopic (exact) mass is 370 g/mol. The second-order valence-electron chi connectivity index (χ2n) is 4.53. The summed E-state index contributed by atoms with van der Waals surface area (Å²) in [7, 11) is -2.34. The fraction of sp³-hybridized carbons (Fsp3) is 0.133. The minimum Gasteiger partial charge on any atom is -0.322 e. The maximum Gasteiger partial charge on any atom is 0.257 e. The highest BCUT2D eigenvalue weighted by Crippen LogP contribution is 2.23. The second-order valence-corrected chi connectivity index (χ2v) is 7.71. The lowest BCUT2D eigenvalue weighted by molar-refractivity contribution is 0.102. The molecular weight excluding hydrogens is 356 g/mol. The van der Waals surface area contributed by atoms with Gasteiger partial charge in [0.1, 0.15) is 0 Å². The van der Waals surface area contributed by atoms with Crippen molar-refractivity contribution in [2.24, 2.45) is 0 Å². The van der Waals surface area contributed by atoms with Gasteiger partial charge in [-0.05, 0) is 55.8 Å². The molecule has 0 aromatic heterocycles. The van der Waals surface area contributed by atoms with Gasteiger partial charge in [0.25, 0.3) is 5.91 Å². The van der Waals surface area contributed by atoms with E-state index in [1.165, 1.54) is 25.2 Å². The van der Waals surface area contributed by atoms with E-state index in [2.05, 4.69) is 10.0 Å². The molecule has 0 bridgehead atoms. The number of benzene rings is 2. The number of anilines is 1. The predicted molar refractivity (Wildman–Crippen MR) is 93.9 cm³/mol. The van der Waals surface area contributed by atoms with Gasteiger partial charge in [0.2, 0.25) is 10.0 Å². The van der Waals surface area contributed by atoms with E-state index in [0.717, 1.165) is 4.90 Å². The molecule has 0 saturated carbocycles. The van der Waals surface area contributed by atoms with Gasteiger partial charge in [0, 0.05) is 10.6 Å². The Hall–Kier alpha value is -1.54. The Kier molecular flexibility index (Phi) is 5.69. The highest BCUT2D eigenvalue weighted by molar-refractivity contribution is 7.98. The summed E-state index contributed by atoms with van der Waals surface area (Å²) in [6, 6.07) is 11.3. The van der Waals surface area contributed by atoms with Crippen LogP contribution >= 0.6 is 23.4 Å². The van der Waals surface area contributed by atoms with Crippen molar-refractivity contribution in [2.45, 2.75) is 9.79 Å². The molecule has 122 valence electrons. The molecule has 2 N–H and O–H groups in total. The normalized spacial score (nSPS) is 11.3. The highest BCUT2D eigenvalue weighted by Gasteiger charge is 2.17. The van der Waals surface area contributed by atoms with Gasteiger partial charge >= 0.3 is 0 Å². The van der Waals surface area contributed by atoms with Crippen molar-refractivity contribution in [2.75, 3.05) is 18.6 Å². The largest absolute Gasteiger partial charge is 0.322 e. The van der Waals surface area contributed by atoms with Gasteiger partial charge in [-0.1, -0.05) is 11.6 Å². The van der Waals surface area contributed by atoms with Crippen LogP contribution in [-0.4, -0.2) is 27.6 Å². The van der Waals surface area contributed by atoms with Crippen molar-refractivity contribution < 1.29 is 13.2 Å². The maximum absolute atomic E-state index is 12.3. The summed E-state index contributed by atoms with van der Waals surface area (Å²) in [6.45, 7) is 0. The maximum atomic E-state index is 12.3. The van der Waals surface area contributed by atoms with Gasteiger partial charge in [-0.15, -0.1) is 11.8 Å². The van der Waals surface area contributed by atoms with E-state index in [0.29, 0.717) is 5.69 Å².